The Labute approximate surface area is 104 Å². The van der Waals surface area contributed by atoms with Gasteiger partial charge in [0.1, 0.15) is 5.75 Å². The van der Waals surface area contributed by atoms with Gasteiger partial charge in [0.15, 0.2) is 0 Å². The van der Waals surface area contributed by atoms with E-state index in [-0.39, 0.29) is 22.6 Å². The monoisotopic (exact) mass is 278 g/mol. The van der Waals surface area contributed by atoms with E-state index in [0.717, 1.165) is 5.56 Å². The first-order chi connectivity index (χ1) is 7.99. The zero-order valence-corrected chi connectivity index (χ0v) is 10.6. The minimum absolute atomic E-state index is 0.0533. The summed E-state index contributed by atoms with van der Waals surface area (Å²) in [6.45, 7) is 1.62. The molecule has 0 aliphatic heterocycles. The number of aryl methyl sites for hydroxylation is 1. The lowest BCUT2D eigenvalue weighted by atomic mass is 10.2. The van der Waals surface area contributed by atoms with Crippen LogP contribution in [0, 0.1) is 11.8 Å². The van der Waals surface area contributed by atoms with E-state index in [9.17, 15) is 13.3 Å². The summed E-state index contributed by atoms with van der Waals surface area (Å²) in [7, 11) is -4.23. The molecule has 17 heavy (non-hydrogen) atoms. The van der Waals surface area contributed by atoms with Gasteiger partial charge in [-0.1, -0.05) is 17.7 Å². The maximum Gasteiger partial charge on any atom is 0.427 e. The Morgan fingerprint density at radius 3 is 2.41 bits per heavy atom. The third kappa shape index (κ3) is 3.86. The van der Waals surface area contributed by atoms with Gasteiger partial charge in [0, 0.05) is 5.88 Å². The van der Waals surface area contributed by atoms with Crippen molar-refractivity contribution in [2.24, 2.45) is 5.29 Å². The van der Waals surface area contributed by atoms with Crippen LogP contribution in [0.4, 0.5) is 0 Å². The Hall–Kier alpha value is -1.34. The van der Waals surface area contributed by atoms with Gasteiger partial charge in [-0.15, -0.1) is 20.9 Å². The lowest BCUT2D eigenvalue weighted by Gasteiger charge is -2.14. The Morgan fingerprint density at radius 2 is 1.94 bits per heavy atom. The standard InChI is InChI=1S/C9H11ClN2O4S/c1-8-2-4-9(5-3-8)16-17(14,15)12(11-13)7-6-10/h2-5H,6-7H2,1H3. The van der Waals surface area contributed by atoms with Gasteiger partial charge in [0.2, 0.25) is 0 Å². The van der Waals surface area contributed by atoms with Crippen LogP contribution in [0.3, 0.4) is 0 Å². The summed E-state index contributed by atoms with van der Waals surface area (Å²) in [5.41, 5.74) is 0.959. The molecule has 0 heterocycles. The molecule has 0 amide bonds. The molecular formula is C9H11ClN2O4S. The van der Waals surface area contributed by atoms with Crippen molar-refractivity contribution in [1.82, 2.24) is 4.41 Å². The first-order valence-electron chi connectivity index (χ1n) is 4.67. The molecule has 6 nitrogen and oxygen atoms in total. The fourth-order valence-corrected chi connectivity index (χ4v) is 2.12. The summed E-state index contributed by atoms with van der Waals surface area (Å²) < 4.78 is 28.1. The highest BCUT2D eigenvalue weighted by Gasteiger charge is 2.23. The van der Waals surface area contributed by atoms with E-state index < -0.39 is 10.3 Å². The van der Waals surface area contributed by atoms with Gasteiger partial charge >= 0.3 is 10.3 Å². The Kier molecular flexibility index (Phi) is 4.71. The first-order valence-corrected chi connectivity index (χ1v) is 6.57. The topological polar surface area (TPSA) is 76.0 Å². The lowest BCUT2D eigenvalue weighted by molar-refractivity contribution is 0.375. The number of rotatable bonds is 6. The fourth-order valence-electron chi connectivity index (χ4n) is 1.02. The second-order valence-electron chi connectivity index (χ2n) is 3.17. The number of hydrogen-bond acceptors (Lipinski definition) is 5. The molecule has 0 N–H and O–H groups in total. The Bertz CT molecular complexity index is 474. The van der Waals surface area contributed by atoms with Gasteiger partial charge in [-0.25, -0.2) is 0 Å². The van der Waals surface area contributed by atoms with Crippen molar-refractivity contribution in [2.45, 2.75) is 6.92 Å². The second kappa shape index (κ2) is 5.83. The molecule has 1 aromatic rings. The van der Waals surface area contributed by atoms with Crippen LogP contribution in [0.5, 0.6) is 5.75 Å². The number of nitrogens with zero attached hydrogens (tertiary/aromatic N) is 2. The van der Waals surface area contributed by atoms with Crippen molar-refractivity contribution in [3.05, 3.63) is 34.7 Å². The highest BCUT2D eigenvalue weighted by molar-refractivity contribution is 7.84. The van der Waals surface area contributed by atoms with E-state index in [1.807, 2.05) is 6.92 Å². The minimum atomic E-state index is -4.23. The summed E-state index contributed by atoms with van der Waals surface area (Å²) in [6.07, 6.45) is 0. The van der Waals surface area contributed by atoms with Crippen LogP contribution >= 0.6 is 11.6 Å². The SMILES string of the molecule is Cc1ccc(OS(=O)(=O)N(CCCl)N=O)cc1. The van der Waals surface area contributed by atoms with Crippen molar-refractivity contribution in [1.29, 1.82) is 0 Å². The predicted octanol–water partition coefficient (Wildman–Crippen LogP) is 1.84. The quantitative estimate of drug-likeness (QED) is 0.452. The summed E-state index contributed by atoms with van der Waals surface area (Å²) >= 11 is 5.34. The normalized spacial score (nSPS) is 10.9. The van der Waals surface area contributed by atoms with Crippen molar-refractivity contribution < 1.29 is 12.6 Å². The van der Waals surface area contributed by atoms with E-state index >= 15 is 0 Å². The third-order valence-corrected chi connectivity index (χ3v) is 3.19. The molecule has 0 aromatic heterocycles. The molecule has 0 saturated carbocycles. The van der Waals surface area contributed by atoms with E-state index in [2.05, 4.69) is 5.29 Å². The smallest absolute Gasteiger partial charge is 0.366 e. The number of halogens is 1. The minimum Gasteiger partial charge on any atom is -0.366 e. The van der Waals surface area contributed by atoms with Gasteiger partial charge in [-0.2, -0.15) is 8.42 Å². The highest BCUT2D eigenvalue weighted by atomic mass is 35.5. The van der Waals surface area contributed by atoms with Crippen LogP contribution in [0.15, 0.2) is 29.6 Å². The molecule has 0 spiro atoms. The molecule has 8 heteroatoms. The first kappa shape index (κ1) is 13.7. The van der Waals surface area contributed by atoms with E-state index in [0.29, 0.717) is 0 Å². The van der Waals surface area contributed by atoms with Gasteiger partial charge in [0.05, 0.1) is 11.8 Å². The molecule has 0 aliphatic carbocycles. The van der Waals surface area contributed by atoms with Crippen LogP contribution in [-0.2, 0) is 10.3 Å². The van der Waals surface area contributed by atoms with E-state index in [1.54, 1.807) is 12.1 Å². The van der Waals surface area contributed by atoms with E-state index in [4.69, 9.17) is 15.8 Å². The molecular weight excluding hydrogens is 268 g/mol. The molecule has 0 saturated heterocycles. The summed E-state index contributed by atoms with van der Waals surface area (Å²) in [5.74, 6) is 0.0567. The zero-order valence-electron chi connectivity index (χ0n) is 9.04. The van der Waals surface area contributed by atoms with Gasteiger partial charge in [-0.3, -0.25) is 0 Å². The van der Waals surface area contributed by atoms with Gasteiger partial charge in [0.25, 0.3) is 0 Å². The van der Waals surface area contributed by atoms with Crippen molar-refractivity contribution in [3.63, 3.8) is 0 Å². The average Bonchev–Trinajstić information content (AvgIpc) is 2.28. The molecule has 0 aliphatic rings. The molecule has 0 radical (unpaired) electrons. The second-order valence-corrected chi connectivity index (χ2v) is 4.99. The van der Waals surface area contributed by atoms with Crippen molar-refractivity contribution >= 4 is 21.9 Å². The van der Waals surface area contributed by atoms with Crippen molar-refractivity contribution in [3.8, 4) is 5.75 Å². The molecule has 0 atom stereocenters. The molecule has 0 bridgehead atoms. The van der Waals surface area contributed by atoms with Gasteiger partial charge < -0.3 is 4.18 Å². The van der Waals surface area contributed by atoms with Crippen molar-refractivity contribution in [2.75, 3.05) is 12.4 Å². The molecule has 94 valence electrons. The Morgan fingerprint density at radius 1 is 1.35 bits per heavy atom. The fraction of sp³-hybridized carbons (Fsp3) is 0.333. The number of hydrogen-bond donors (Lipinski definition) is 0. The Balaban J connectivity index is 2.85. The molecule has 1 rings (SSSR count). The van der Waals surface area contributed by atoms with Crippen LogP contribution in [0.1, 0.15) is 5.56 Å². The van der Waals surface area contributed by atoms with Gasteiger partial charge in [-0.05, 0) is 19.1 Å². The maximum atomic E-state index is 11.6. The lowest BCUT2D eigenvalue weighted by Crippen LogP contribution is -2.31. The molecule has 1 aromatic carbocycles. The maximum absolute atomic E-state index is 11.6. The molecule has 0 unspecified atom stereocenters. The largest absolute Gasteiger partial charge is 0.427 e. The van der Waals surface area contributed by atoms with Crippen LogP contribution < -0.4 is 4.18 Å². The number of nitroso groups, excluding NO2 is 1. The zero-order chi connectivity index (χ0) is 12.9. The number of alkyl halides is 1. The third-order valence-electron chi connectivity index (χ3n) is 1.85. The van der Waals surface area contributed by atoms with Crippen LogP contribution in [0.25, 0.3) is 0 Å². The summed E-state index contributed by atoms with van der Waals surface area (Å²) in [5, 5.41) is 2.35. The molecule has 0 fully saturated rings. The van der Waals surface area contributed by atoms with Crippen LogP contribution in [-0.4, -0.2) is 25.3 Å². The number of benzene rings is 1. The average molecular weight is 279 g/mol. The van der Waals surface area contributed by atoms with E-state index in [1.165, 1.54) is 12.1 Å². The highest BCUT2D eigenvalue weighted by Crippen LogP contribution is 2.16. The summed E-state index contributed by atoms with van der Waals surface area (Å²) in [6, 6.07) is 6.34. The van der Waals surface area contributed by atoms with Crippen LogP contribution in [0.2, 0.25) is 0 Å². The summed E-state index contributed by atoms with van der Waals surface area (Å²) in [4.78, 5) is 10.3. The predicted molar refractivity (Wildman–Crippen MR) is 63.9 cm³/mol.